The molecule has 20 heavy (non-hydrogen) atoms. The van der Waals surface area contributed by atoms with Crippen LogP contribution < -0.4 is 10.6 Å². The number of hydrogen-bond acceptors (Lipinski definition) is 5. The molecule has 1 aromatic rings. The van der Waals surface area contributed by atoms with Crippen molar-refractivity contribution in [2.45, 2.75) is 12.8 Å². The van der Waals surface area contributed by atoms with Crippen molar-refractivity contribution in [2.75, 3.05) is 13.1 Å². The first-order chi connectivity index (χ1) is 9.49. The highest BCUT2D eigenvalue weighted by Gasteiger charge is 2.29. The zero-order valence-electron chi connectivity index (χ0n) is 10.7. The number of hydrogen-bond donors (Lipinski definition) is 5. The van der Waals surface area contributed by atoms with E-state index in [1.54, 1.807) is 0 Å². The number of nitrogens with one attached hydrogen (secondary N) is 2. The van der Waals surface area contributed by atoms with Gasteiger partial charge in [0.25, 0.3) is 5.91 Å². The van der Waals surface area contributed by atoms with Crippen molar-refractivity contribution in [1.29, 1.82) is 0 Å². The van der Waals surface area contributed by atoms with Crippen LogP contribution in [0.2, 0.25) is 0 Å². The van der Waals surface area contributed by atoms with E-state index in [-0.39, 0.29) is 23.9 Å². The van der Waals surface area contributed by atoms with Crippen molar-refractivity contribution in [3.63, 3.8) is 0 Å². The lowest BCUT2D eigenvalue weighted by Crippen LogP contribution is -2.35. The Balaban J connectivity index is 1.81. The molecule has 0 radical (unpaired) electrons. The first kappa shape index (κ1) is 14.0. The molecular formula is C13H16N2O5. The number of carbonyl (C=O) groups excluding carboxylic acids is 2. The maximum Gasteiger partial charge on any atom is 0.251 e. The third kappa shape index (κ3) is 3.31. The zero-order chi connectivity index (χ0) is 14.7. The number of carbonyl (C=O) groups is 2. The van der Waals surface area contributed by atoms with Gasteiger partial charge in [-0.25, -0.2) is 0 Å². The standard InChI is InChI=1S/C13H16N2O5/c16-9-5-8(6-10(17)11(9)18)13(20)15-4-3-14-12(19)7-1-2-7/h5-7,16-18H,1-4H2,(H,14,19)(H,15,20). The lowest BCUT2D eigenvalue weighted by atomic mass is 10.1. The van der Waals surface area contributed by atoms with Crippen molar-refractivity contribution in [3.8, 4) is 17.2 Å². The summed E-state index contributed by atoms with van der Waals surface area (Å²) in [5, 5.41) is 33.0. The van der Waals surface area contributed by atoms with Crippen LogP contribution in [0.25, 0.3) is 0 Å². The van der Waals surface area contributed by atoms with Gasteiger partial charge in [-0.3, -0.25) is 9.59 Å². The number of aromatic hydroxyl groups is 3. The van der Waals surface area contributed by atoms with Crippen molar-refractivity contribution in [1.82, 2.24) is 10.6 Å². The molecule has 0 heterocycles. The third-order valence-corrected chi connectivity index (χ3v) is 2.99. The predicted molar refractivity (Wildman–Crippen MR) is 69.5 cm³/mol. The predicted octanol–water partition coefficient (Wildman–Crippen LogP) is 0.0594. The fraction of sp³-hybridized carbons (Fsp3) is 0.385. The molecule has 7 nitrogen and oxygen atoms in total. The van der Waals surface area contributed by atoms with Crippen molar-refractivity contribution in [2.24, 2.45) is 5.92 Å². The van der Waals surface area contributed by atoms with Crippen molar-refractivity contribution in [3.05, 3.63) is 17.7 Å². The average molecular weight is 280 g/mol. The molecule has 1 saturated carbocycles. The molecule has 1 fully saturated rings. The summed E-state index contributed by atoms with van der Waals surface area (Å²) in [6.45, 7) is 0.552. The van der Waals surface area contributed by atoms with E-state index < -0.39 is 23.2 Å². The Bertz CT molecular complexity index is 517. The average Bonchev–Trinajstić information content (AvgIpc) is 3.24. The van der Waals surface area contributed by atoms with Crippen LogP contribution >= 0.6 is 0 Å². The Labute approximate surface area is 115 Å². The molecule has 5 N–H and O–H groups in total. The van der Waals surface area contributed by atoms with E-state index >= 15 is 0 Å². The van der Waals surface area contributed by atoms with E-state index in [9.17, 15) is 19.8 Å². The topological polar surface area (TPSA) is 119 Å². The summed E-state index contributed by atoms with van der Waals surface area (Å²) in [6.07, 6.45) is 1.84. The molecule has 0 saturated heterocycles. The fourth-order valence-corrected chi connectivity index (χ4v) is 1.69. The normalized spacial score (nSPS) is 13.8. The largest absolute Gasteiger partial charge is 0.504 e. The van der Waals surface area contributed by atoms with Gasteiger partial charge in [-0.05, 0) is 25.0 Å². The number of phenols is 3. The SMILES string of the molecule is O=C(NCCNC(=O)C1CC1)c1cc(O)c(O)c(O)c1. The maximum atomic E-state index is 11.7. The Morgan fingerprint density at radius 2 is 1.60 bits per heavy atom. The lowest BCUT2D eigenvalue weighted by Gasteiger charge is -2.08. The quantitative estimate of drug-likeness (QED) is 0.386. The Kier molecular flexibility index (Phi) is 3.97. The van der Waals surface area contributed by atoms with Gasteiger partial charge >= 0.3 is 0 Å². The molecule has 0 spiro atoms. The molecule has 0 aliphatic heterocycles. The van der Waals surface area contributed by atoms with Gasteiger partial charge in [-0.2, -0.15) is 0 Å². The summed E-state index contributed by atoms with van der Waals surface area (Å²) < 4.78 is 0. The van der Waals surface area contributed by atoms with Gasteiger partial charge in [0, 0.05) is 24.6 Å². The van der Waals surface area contributed by atoms with Gasteiger partial charge in [-0.15, -0.1) is 0 Å². The van der Waals surface area contributed by atoms with E-state index in [2.05, 4.69) is 10.6 Å². The van der Waals surface area contributed by atoms with Gasteiger partial charge in [0.1, 0.15) is 0 Å². The number of rotatable bonds is 5. The first-order valence-electron chi connectivity index (χ1n) is 6.30. The first-order valence-corrected chi connectivity index (χ1v) is 6.30. The van der Waals surface area contributed by atoms with Gasteiger partial charge in [0.05, 0.1) is 0 Å². The Hall–Kier alpha value is -2.44. The Morgan fingerprint density at radius 3 is 2.15 bits per heavy atom. The monoisotopic (exact) mass is 280 g/mol. The van der Waals surface area contributed by atoms with E-state index in [1.165, 1.54) is 0 Å². The van der Waals surface area contributed by atoms with Gasteiger partial charge in [0.2, 0.25) is 5.91 Å². The maximum absolute atomic E-state index is 11.7. The molecule has 7 heteroatoms. The number of benzene rings is 1. The molecule has 0 atom stereocenters. The van der Waals surface area contributed by atoms with Crippen LogP contribution in [0.15, 0.2) is 12.1 Å². The molecule has 1 aliphatic carbocycles. The minimum Gasteiger partial charge on any atom is -0.504 e. The van der Waals surface area contributed by atoms with Crippen LogP contribution in [0.3, 0.4) is 0 Å². The molecule has 0 unspecified atom stereocenters. The van der Waals surface area contributed by atoms with Crippen LogP contribution in [0.5, 0.6) is 17.2 Å². The van der Waals surface area contributed by atoms with Crippen LogP contribution in [-0.4, -0.2) is 40.2 Å². The molecular weight excluding hydrogens is 264 g/mol. The van der Waals surface area contributed by atoms with E-state index in [4.69, 9.17) is 5.11 Å². The molecule has 1 aliphatic rings. The molecule has 108 valence electrons. The molecule has 2 rings (SSSR count). The third-order valence-electron chi connectivity index (χ3n) is 2.99. The highest BCUT2D eigenvalue weighted by Crippen LogP contribution is 2.35. The Morgan fingerprint density at radius 1 is 1.05 bits per heavy atom. The van der Waals surface area contributed by atoms with E-state index in [0.717, 1.165) is 25.0 Å². The van der Waals surface area contributed by atoms with Crippen molar-refractivity contribution < 1.29 is 24.9 Å². The second kappa shape index (κ2) is 5.68. The van der Waals surface area contributed by atoms with Gasteiger partial charge < -0.3 is 26.0 Å². The van der Waals surface area contributed by atoms with E-state index in [1.807, 2.05) is 0 Å². The molecule has 2 amide bonds. The van der Waals surface area contributed by atoms with Crippen LogP contribution in [0.4, 0.5) is 0 Å². The highest BCUT2D eigenvalue weighted by molar-refractivity contribution is 5.95. The summed E-state index contributed by atoms with van der Waals surface area (Å²) in [5.74, 6) is -2.21. The zero-order valence-corrected chi connectivity index (χ0v) is 10.7. The van der Waals surface area contributed by atoms with Crippen LogP contribution in [-0.2, 0) is 4.79 Å². The molecule has 0 bridgehead atoms. The summed E-state index contributed by atoms with van der Waals surface area (Å²) in [7, 11) is 0. The summed E-state index contributed by atoms with van der Waals surface area (Å²) in [5.41, 5.74) is 0.0197. The number of phenolic OH excluding ortho intramolecular Hbond substituents is 3. The summed E-state index contributed by atoms with van der Waals surface area (Å²) in [4.78, 5) is 23.1. The smallest absolute Gasteiger partial charge is 0.251 e. The fourth-order valence-electron chi connectivity index (χ4n) is 1.69. The van der Waals surface area contributed by atoms with Crippen LogP contribution in [0.1, 0.15) is 23.2 Å². The van der Waals surface area contributed by atoms with Crippen LogP contribution in [0, 0.1) is 5.92 Å². The summed E-state index contributed by atoms with van der Waals surface area (Å²) in [6, 6.07) is 2.10. The molecule has 1 aromatic carbocycles. The highest BCUT2D eigenvalue weighted by atomic mass is 16.3. The lowest BCUT2D eigenvalue weighted by molar-refractivity contribution is -0.122. The summed E-state index contributed by atoms with van der Waals surface area (Å²) >= 11 is 0. The van der Waals surface area contributed by atoms with Crippen molar-refractivity contribution >= 4 is 11.8 Å². The second-order valence-corrected chi connectivity index (χ2v) is 4.68. The van der Waals surface area contributed by atoms with E-state index in [0.29, 0.717) is 6.54 Å². The second-order valence-electron chi connectivity index (χ2n) is 4.68. The number of amides is 2. The molecule has 0 aromatic heterocycles. The minimum absolute atomic E-state index is 0.000767. The van der Waals surface area contributed by atoms with Gasteiger partial charge in [-0.1, -0.05) is 0 Å². The van der Waals surface area contributed by atoms with Gasteiger partial charge in [0.15, 0.2) is 17.2 Å². The minimum atomic E-state index is -0.668.